The Morgan fingerprint density at radius 3 is 2.26 bits per heavy atom. The average molecular weight is 256 g/mol. The quantitative estimate of drug-likeness (QED) is 0.850. The minimum absolute atomic E-state index is 0.148. The second-order valence-electron chi connectivity index (χ2n) is 4.00. The van der Waals surface area contributed by atoms with Crippen molar-refractivity contribution >= 4 is 12.2 Å². The summed E-state index contributed by atoms with van der Waals surface area (Å²) in [5.41, 5.74) is 1.75. The second-order valence-corrected chi connectivity index (χ2v) is 4.00. The zero-order chi connectivity index (χ0) is 13.7. The molecule has 0 spiro atoms. The molecule has 0 saturated carbocycles. The Balaban J connectivity index is 2.22. The largest absolute Gasteiger partial charge is 0.504 e. The van der Waals surface area contributed by atoms with Gasteiger partial charge in [-0.2, -0.15) is 0 Å². The Labute approximate surface area is 112 Å². The van der Waals surface area contributed by atoms with Crippen LogP contribution in [0.15, 0.2) is 42.5 Å². The molecule has 0 bridgehead atoms. The molecule has 1 N–H and O–H groups in total. The van der Waals surface area contributed by atoms with Crippen molar-refractivity contribution in [3.63, 3.8) is 0 Å². The van der Waals surface area contributed by atoms with E-state index in [1.165, 1.54) is 7.11 Å². The summed E-state index contributed by atoms with van der Waals surface area (Å²) in [6, 6.07) is 13.1. The zero-order valence-corrected chi connectivity index (χ0v) is 11.0. The molecule has 3 nitrogen and oxygen atoms in total. The Morgan fingerprint density at radius 2 is 1.63 bits per heavy atom. The van der Waals surface area contributed by atoms with E-state index in [-0.39, 0.29) is 5.75 Å². The molecule has 0 unspecified atom stereocenters. The van der Waals surface area contributed by atoms with Gasteiger partial charge < -0.3 is 14.6 Å². The molecule has 0 fully saturated rings. The summed E-state index contributed by atoms with van der Waals surface area (Å²) in [5.74, 6) is 1.44. The predicted molar refractivity (Wildman–Crippen MR) is 76.6 cm³/mol. The third kappa shape index (κ3) is 3.07. The highest BCUT2D eigenvalue weighted by Crippen LogP contribution is 2.30. The molecule has 0 aliphatic rings. The summed E-state index contributed by atoms with van der Waals surface area (Å²) in [7, 11) is 3.17. The van der Waals surface area contributed by atoms with E-state index >= 15 is 0 Å². The molecule has 0 saturated heterocycles. The van der Waals surface area contributed by atoms with Crippen LogP contribution in [0.25, 0.3) is 12.2 Å². The van der Waals surface area contributed by atoms with Crippen molar-refractivity contribution in [3.8, 4) is 17.2 Å². The Morgan fingerprint density at radius 1 is 0.895 bits per heavy atom. The highest BCUT2D eigenvalue weighted by Gasteiger charge is 2.03. The van der Waals surface area contributed by atoms with Crippen molar-refractivity contribution in [1.29, 1.82) is 0 Å². The monoisotopic (exact) mass is 256 g/mol. The molecule has 0 aliphatic heterocycles. The van der Waals surface area contributed by atoms with Gasteiger partial charge in [-0.3, -0.25) is 0 Å². The third-order valence-electron chi connectivity index (χ3n) is 2.82. The molecule has 0 radical (unpaired) electrons. The number of hydrogen-bond acceptors (Lipinski definition) is 3. The van der Waals surface area contributed by atoms with E-state index in [0.717, 1.165) is 16.9 Å². The van der Waals surface area contributed by atoms with Crippen LogP contribution in [-0.4, -0.2) is 19.3 Å². The van der Waals surface area contributed by atoms with Crippen LogP contribution in [0.4, 0.5) is 0 Å². The molecule has 0 atom stereocenters. The van der Waals surface area contributed by atoms with Crippen LogP contribution >= 0.6 is 0 Å². The maximum atomic E-state index is 9.95. The summed E-state index contributed by atoms with van der Waals surface area (Å²) < 4.78 is 10.2. The van der Waals surface area contributed by atoms with Crippen LogP contribution in [0.5, 0.6) is 17.2 Å². The van der Waals surface area contributed by atoms with Crippen molar-refractivity contribution in [1.82, 2.24) is 0 Å². The first kappa shape index (κ1) is 13.0. The molecule has 98 valence electrons. The summed E-state index contributed by atoms with van der Waals surface area (Å²) in [5, 5.41) is 9.95. The van der Waals surface area contributed by atoms with Crippen LogP contribution < -0.4 is 9.47 Å². The van der Waals surface area contributed by atoms with Gasteiger partial charge in [0.2, 0.25) is 0 Å². The van der Waals surface area contributed by atoms with Crippen molar-refractivity contribution in [3.05, 3.63) is 53.6 Å². The van der Waals surface area contributed by atoms with Crippen molar-refractivity contribution < 1.29 is 14.6 Å². The van der Waals surface area contributed by atoms with Gasteiger partial charge in [0, 0.05) is 5.56 Å². The maximum absolute atomic E-state index is 9.95. The lowest BCUT2D eigenvalue weighted by Crippen LogP contribution is -1.85. The molecule has 19 heavy (non-hydrogen) atoms. The number of methoxy groups -OCH3 is 2. The van der Waals surface area contributed by atoms with Crippen LogP contribution in [-0.2, 0) is 0 Å². The smallest absolute Gasteiger partial charge is 0.165 e. The van der Waals surface area contributed by atoms with E-state index in [9.17, 15) is 5.11 Å². The minimum atomic E-state index is 0.148. The number of para-hydroxylation sites is 1. The maximum Gasteiger partial charge on any atom is 0.165 e. The van der Waals surface area contributed by atoms with Crippen molar-refractivity contribution in [2.24, 2.45) is 0 Å². The van der Waals surface area contributed by atoms with Gasteiger partial charge in [0.05, 0.1) is 14.2 Å². The zero-order valence-electron chi connectivity index (χ0n) is 11.0. The number of phenolic OH excluding ortho intramolecular Hbond substituents is 1. The Bertz CT molecular complexity index is 571. The molecule has 0 aromatic heterocycles. The number of phenols is 1. The van der Waals surface area contributed by atoms with E-state index in [1.807, 2.05) is 48.6 Å². The van der Waals surface area contributed by atoms with Gasteiger partial charge in [-0.1, -0.05) is 36.4 Å². The number of benzene rings is 2. The predicted octanol–water partition coefficient (Wildman–Crippen LogP) is 3.58. The molecule has 2 aromatic carbocycles. The summed E-state index contributed by atoms with van der Waals surface area (Å²) >= 11 is 0. The first-order valence-corrected chi connectivity index (χ1v) is 5.92. The van der Waals surface area contributed by atoms with Crippen LogP contribution in [0.3, 0.4) is 0 Å². The fourth-order valence-electron chi connectivity index (χ4n) is 1.74. The van der Waals surface area contributed by atoms with Crippen LogP contribution in [0, 0.1) is 0 Å². The lowest BCUT2D eigenvalue weighted by molar-refractivity contribution is 0.373. The summed E-state index contributed by atoms with van der Waals surface area (Å²) in [6.45, 7) is 0. The number of aromatic hydroxyl groups is 1. The molecule has 0 amide bonds. The van der Waals surface area contributed by atoms with E-state index in [1.54, 1.807) is 13.2 Å². The van der Waals surface area contributed by atoms with Gasteiger partial charge in [0.1, 0.15) is 5.75 Å². The molecule has 2 rings (SSSR count). The SMILES string of the molecule is COc1ccc(/C=C/c2cccc(OC)c2O)cc1. The van der Waals surface area contributed by atoms with E-state index in [4.69, 9.17) is 9.47 Å². The van der Waals surface area contributed by atoms with E-state index in [2.05, 4.69) is 0 Å². The van der Waals surface area contributed by atoms with Gasteiger partial charge in [0.15, 0.2) is 11.5 Å². The minimum Gasteiger partial charge on any atom is -0.504 e. The van der Waals surface area contributed by atoms with Gasteiger partial charge >= 0.3 is 0 Å². The topological polar surface area (TPSA) is 38.7 Å². The lowest BCUT2D eigenvalue weighted by Gasteiger charge is -2.05. The highest BCUT2D eigenvalue weighted by atomic mass is 16.5. The number of ether oxygens (including phenoxy) is 2. The Kier molecular flexibility index (Phi) is 4.08. The fourth-order valence-corrected chi connectivity index (χ4v) is 1.74. The van der Waals surface area contributed by atoms with Gasteiger partial charge in [-0.25, -0.2) is 0 Å². The van der Waals surface area contributed by atoms with E-state index < -0.39 is 0 Å². The molecule has 0 aliphatic carbocycles. The van der Waals surface area contributed by atoms with Crippen LogP contribution in [0.2, 0.25) is 0 Å². The molecule has 3 heteroatoms. The van der Waals surface area contributed by atoms with Gasteiger partial charge in [-0.05, 0) is 23.8 Å². The van der Waals surface area contributed by atoms with Crippen molar-refractivity contribution in [2.75, 3.05) is 14.2 Å². The third-order valence-corrected chi connectivity index (χ3v) is 2.82. The molecule has 2 aromatic rings. The fraction of sp³-hybridized carbons (Fsp3) is 0.125. The normalized spacial score (nSPS) is 10.6. The molecular formula is C16H16O3. The summed E-state index contributed by atoms with van der Waals surface area (Å²) in [6.07, 6.45) is 3.77. The number of rotatable bonds is 4. The summed E-state index contributed by atoms with van der Waals surface area (Å²) in [4.78, 5) is 0. The average Bonchev–Trinajstić information content (AvgIpc) is 2.47. The molecular weight excluding hydrogens is 240 g/mol. The standard InChI is InChI=1S/C16H16O3/c1-18-14-10-7-12(8-11-14)6-9-13-4-3-5-15(19-2)16(13)17/h3-11,17H,1-2H3/b9-6+. The lowest BCUT2D eigenvalue weighted by atomic mass is 10.1. The van der Waals surface area contributed by atoms with E-state index in [0.29, 0.717) is 5.75 Å². The second kappa shape index (κ2) is 5.96. The first-order chi connectivity index (χ1) is 9.24. The van der Waals surface area contributed by atoms with Gasteiger partial charge in [0.25, 0.3) is 0 Å². The Hall–Kier alpha value is -2.42. The molecule has 0 heterocycles. The van der Waals surface area contributed by atoms with Crippen LogP contribution in [0.1, 0.15) is 11.1 Å². The van der Waals surface area contributed by atoms with Gasteiger partial charge in [-0.15, -0.1) is 0 Å². The number of hydrogen-bond donors (Lipinski definition) is 1. The van der Waals surface area contributed by atoms with Crippen molar-refractivity contribution in [2.45, 2.75) is 0 Å². The first-order valence-electron chi connectivity index (χ1n) is 5.92. The highest BCUT2D eigenvalue weighted by molar-refractivity contribution is 5.74.